The van der Waals surface area contributed by atoms with Crippen molar-refractivity contribution >= 4 is 81.4 Å². The van der Waals surface area contributed by atoms with Gasteiger partial charge in [0.2, 0.25) is 35.1 Å². The van der Waals surface area contributed by atoms with Gasteiger partial charge in [-0.2, -0.15) is 9.97 Å². The number of hydrogen-bond acceptors (Lipinski definition) is 17. The van der Waals surface area contributed by atoms with Gasteiger partial charge in [-0.15, -0.1) is 0 Å². The van der Waals surface area contributed by atoms with Gasteiger partial charge < -0.3 is 54.6 Å². The second kappa shape index (κ2) is 30.0. The topological polar surface area (TPSA) is 290 Å². The number of cyclic esters (lactones) is 1. The minimum absolute atomic E-state index is 0.000305. The van der Waals surface area contributed by atoms with E-state index in [-0.39, 0.29) is 105 Å². The standard InChI is InChI=1S/C62H77N9O13S/c1-11-62(49(44(35-72)37-81-57(62)78)30-51-56-48(34-70(51)9)46(28-29-71(40(2)3)41(4)73)47-19-15-16-20-50(47)68-56)84-59(79)82-36-42-24-26-45(27-25-42)67-55(77)33-63-52(74)22-17-23-54(76)69-60(5,6)39-83-61(7,8)38-66-53(75)21-14-12-13-18-43-31-64-58(65-32-43)85(10)80/h15-16,19-20,24-27,30-32,35,40H,11-12,14,17,21-23,28-29,33-34,36-39H2,1-10H3,(H,63,74)(H,66,75)(H,67,77)(H,69,76)/b51-30-/t62-,85?/m0/s1. The van der Waals surface area contributed by atoms with E-state index in [0.29, 0.717) is 66.8 Å². The van der Waals surface area contributed by atoms with Crippen molar-refractivity contribution in [2.45, 2.75) is 148 Å². The highest BCUT2D eigenvalue weighted by Gasteiger charge is 2.51. The highest BCUT2D eigenvalue weighted by atomic mass is 32.2. The number of esters is 1. The minimum atomic E-state index is -2.05. The molecule has 0 fully saturated rings. The van der Waals surface area contributed by atoms with E-state index in [4.69, 9.17) is 23.9 Å². The van der Waals surface area contributed by atoms with Crippen LogP contribution < -0.4 is 21.3 Å². The van der Waals surface area contributed by atoms with Gasteiger partial charge in [-0.1, -0.05) is 49.1 Å². The molecule has 4 aromatic rings. The predicted octanol–water partition coefficient (Wildman–Crippen LogP) is 6.16. The molecule has 0 bridgehead atoms. The largest absolute Gasteiger partial charge is 0.609 e. The van der Waals surface area contributed by atoms with Crippen molar-refractivity contribution in [2.24, 2.45) is 0 Å². The SMILES string of the molecule is CC[C@@]1(OC(=O)OCc2ccc(NC(=O)CNC(=O)CCCC(=O)NC(C)(C)COC(C)(C)CNC(=O)CCCC#Cc3cnc([S+](C)[O-])nc3)cc2)C(=O)OCC(C=O)=C1/C=C1/c2nc3ccccc3c(CCN(C(C)=O)C(C)C)c2CN1C. The molecule has 2 aliphatic heterocycles. The number of ether oxygens (including phenoxy) is 4. The van der Waals surface area contributed by atoms with Crippen LogP contribution in [-0.4, -0.2) is 146 Å². The quantitative estimate of drug-likeness (QED) is 0.0130. The average Bonchev–Trinajstić information content (AvgIpc) is 1.91. The number of carbonyl (C=O) groups is 8. The summed E-state index contributed by atoms with van der Waals surface area (Å²) in [6, 6.07) is 14.1. The summed E-state index contributed by atoms with van der Waals surface area (Å²) < 4.78 is 34.3. The second-order valence-electron chi connectivity index (χ2n) is 22.3. The Labute approximate surface area is 499 Å². The third-order valence-corrected chi connectivity index (χ3v) is 14.8. The summed E-state index contributed by atoms with van der Waals surface area (Å²) in [6.07, 6.45) is 7.61. The summed E-state index contributed by atoms with van der Waals surface area (Å²) in [7, 11) is 1.87. The second-order valence-corrected chi connectivity index (χ2v) is 23.6. The van der Waals surface area contributed by atoms with Crippen molar-refractivity contribution < 1.29 is 61.9 Å². The Kier molecular flexibility index (Phi) is 23.3. The molecule has 4 N–H and O–H groups in total. The van der Waals surface area contributed by atoms with E-state index >= 15 is 0 Å². The first-order chi connectivity index (χ1) is 40.3. The zero-order valence-corrected chi connectivity index (χ0v) is 50.9. The van der Waals surface area contributed by atoms with Gasteiger partial charge in [0, 0.05) is 104 Å². The van der Waals surface area contributed by atoms with Crippen molar-refractivity contribution in [3.05, 3.63) is 106 Å². The third-order valence-electron chi connectivity index (χ3n) is 14.1. The van der Waals surface area contributed by atoms with E-state index in [9.17, 15) is 42.9 Å². The number of aromatic nitrogens is 3. The van der Waals surface area contributed by atoms with Gasteiger partial charge in [-0.3, -0.25) is 28.8 Å². The normalized spacial score (nSPS) is 15.7. The molecule has 454 valence electrons. The molecule has 5 amide bonds. The molecule has 6 rings (SSSR count). The van der Waals surface area contributed by atoms with E-state index in [0.717, 1.165) is 22.0 Å². The van der Waals surface area contributed by atoms with Crippen LogP contribution in [0.4, 0.5) is 10.5 Å². The number of benzene rings is 2. The highest BCUT2D eigenvalue weighted by molar-refractivity contribution is 7.90. The number of nitrogens with one attached hydrogen (secondary N) is 4. The lowest BCUT2D eigenvalue weighted by Gasteiger charge is -2.35. The van der Waals surface area contributed by atoms with Crippen molar-refractivity contribution in [3.63, 3.8) is 0 Å². The Bertz CT molecular complexity index is 3240. The fourth-order valence-corrected chi connectivity index (χ4v) is 9.95. The van der Waals surface area contributed by atoms with Crippen LogP contribution in [0.15, 0.2) is 83.3 Å². The summed E-state index contributed by atoms with van der Waals surface area (Å²) in [5.74, 6) is 3.66. The molecule has 4 heterocycles. The van der Waals surface area contributed by atoms with Crippen LogP contribution in [0.1, 0.15) is 128 Å². The van der Waals surface area contributed by atoms with Crippen LogP contribution >= 0.6 is 0 Å². The lowest BCUT2D eigenvalue weighted by atomic mass is 9.84. The number of carbonyl (C=O) groups excluding carboxylic acids is 8. The van der Waals surface area contributed by atoms with Gasteiger partial charge in [0.1, 0.15) is 25.8 Å². The van der Waals surface area contributed by atoms with E-state index < -0.39 is 51.9 Å². The molecule has 0 radical (unpaired) electrons. The number of rotatable bonds is 27. The first-order valence-electron chi connectivity index (χ1n) is 28.2. The number of aldehydes is 1. The van der Waals surface area contributed by atoms with Crippen LogP contribution in [0.25, 0.3) is 16.6 Å². The average molecular weight is 1190 g/mol. The maximum absolute atomic E-state index is 13.8. The number of nitrogens with zero attached hydrogens (tertiary/aromatic N) is 5. The summed E-state index contributed by atoms with van der Waals surface area (Å²) in [5, 5.41) is 12.3. The van der Waals surface area contributed by atoms with Gasteiger partial charge in [0.05, 0.1) is 59.2 Å². The van der Waals surface area contributed by atoms with Gasteiger partial charge in [0.25, 0.3) is 0 Å². The fourth-order valence-electron chi connectivity index (χ4n) is 9.55. The van der Waals surface area contributed by atoms with Crippen LogP contribution in [0.2, 0.25) is 0 Å². The maximum atomic E-state index is 13.8. The Morgan fingerprint density at radius 2 is 1.64 bits per heavy atom. The zero-order valence-electron chi connectivity index (χ0n) is 50.1. The van der Waals surface area contributed by atoms with Crippen molar-refractivity contribution in [3.8, 4) is 11.8 Å². The molecule has 0 spiro atoms. The molecular formula is C62H77N9O13S. The van der Waals surface area contributed by atoms with Crippen LogP contribution in [0.3, 0.4) is 0 Å². The van der Waals surface area contributed by atoms with Gasteiger partial charge >= 0.3 is 17.3 Å². The lowest BCUT2D eigenvalue weighted by molar-refractivity contribution is -0.165. The monoisotopic (exact) mass is 1190 g/mol. The number of pyridine rings is 1. The summed E-state index contributed by atoms with van der Waals surface area (Å²) in [4.78, 5) is 120. The molecule has 2 aliphatic rings. The summed E-state index contributed by atoms with van der Waals surface area (Å²) >= 11 is -1.27. The number of para-hydroxylation sites is 1. The summed E-state index contributed by atoms with van der Waals surface area (Å²) in [6.45, 7) is 14.8. The number of anilines is 1. The molecule has 85 heavy (non-hydrogen) atoms. The third kappa shape index (κ3) is 18.6. The molecule has 23 heteroatoms. The van der Waals surface area contributed by atoms with Crippen LogP contribution in [0.5, 0.6) is 0 Å². The molecule has 22 nitrogen and oxygen atoms in total. The van der Waals surface area contributed by atoms with Gasteiger partial charge in [-0.05, 0) is 103 Å². The fraction of sp³-hybridized carbons (Fsp3) is 0.468. The highest BCUT2D eigenvalue weighted by Crippen LogP contribution is 2.41. The Morgan fingerprint density at radius 1 is 0.953 bits per heavy atom. The van der Waals surface area contributed by atoms with Crippen LogP contribution in [-0.2, 0) is 83.3 Å². The maximum Gasteiger partial charge on any atom is 0.510 e. The van der Waals surface area contributed by atoms with Gasteiger partial charge in [0.15, 0.2) is 0 Å². The smallest absolute Gasteiger partial charge is 0.510 e. The number of amides is 5. The molecule has 0 saturated heterocycles. The van der Waals surface area contributed by atoms with Crippen molar-refractivity contribution in [1.82, 2.24) is 40.7 Å². The van der Waals surface area contributed by atoms with Crippen molar-refractivity contribution in [2.75, 3.05) is 51.5 Å². The molecule has 0 saturated carbocycles. The molecule has 2 aromatic carbocycles. The van der Waals surface area contributed by atoms with Crippen molar-refractivity contribution in [1.29, 1.82) is 0 Å². The zero-order chi connectivity index (χ0) is 62.1. The van der Waals surface area contributed by atoms with E-state index in [2.05, 4.69) is 43.1 Å². The molecule has 2 atom stereocenters. The number of fused-ring (bicyclic) bond motifs is 2. The molecule has 2 aromatic heterocycles. The van der Waals surface area contributed by atoms with E-state index in [1.165, 1.54) is 18.6 Å². The summed E-state index contributed by atoms with van der Waals surface area (Å²) in [5.41, 5.74) is 2.10. The van der Waals surface area contributed by atoms with Gasteiger partial charge in [-0.25, -0.2) is 14.6 Å². The number of unbranched alkanes of at least 4 members (excludes halogenated alkanes) is 1. The van der Waals surface area contributed by atoms with Crippen LogP contribution in [0, 0.1) is 11.8 Å². The lowest BCUT2D eigenvalue weighted by Crippen LogP contribution is -2.50. The first-order valence-corrected chi connectivity index (χ1v) is 29.7. The first kappa shape index (κ1) is 65.9. The predicted molar refractivity (Wildman–Crippen MR) is 318 cm³/mol. The minimum Gasteiger partial charge on any atom is -0.609 e. The molecule has 1 unspecified atom stereocenters. The Balaban J connectivity index is 0.922. The Hall–Kier alpha value is -8.20. The molecule has 0 aliphatic carbocycles. The van der Waals surface area contributed by atoms with E-state index in [1.807, 2.05) is 68.8 Å². The Morgan fingerprint density at radius 3 is 2.31 bits per heavy atom. The molecular weight excluding hydrogens is 1110 g/mol. The number of hydrogen-bond donors (Lipinski definition) is 4. The van der Waals surface area contributed by atoms with E-state index in [1.54, 1.807) is 58.0 Å².